The fraction of sp³-hybridized carbons (Fsp3) is 0.529. The average Bonchev–Trinajstić information content (AvgIpc) is 2.53. The van der Waals surface area contributed by atoms with Gasteiger partial charge in [0.05, 0.1) is 30.8 Å². The van der Waals surface area contributed by atoms with Crippen LogP contribution in [-0.2, 0) is 0 Å². The molecule has 2 rings (SSSR count). The van der Waals surface area contributed by atoms with Gasteiger partial charge in [-0.25, -0.2) is 0 Å². The Labute approximate surface area is 126 Å². The number of piperidine rings is 1. The van der Waals surface area contributed by atoms with Gasteiger partial charge in [-0.3, -0.25) is 4.79 Å². The average molecular weight is 286 g/mol. The Morgan fingerprint density at radius 3 is 2.81 bits per heavy atom. The van der Waals surface area contributed by atoms with Crippen molar-refractivity contribution in [2.75, 3.05) is 19.6 Å². The lowest BCUT2D eigenvalue weighted by atomic mass is 10.0. The van der Waals surface area contributed by atoms with Crippen LogP contribution in [0.5, 0.6) is 0 Å². The molecule has 4 nitrogen and oxygen atoms in total. The first-order valence-electron chi connectivity index (χ1n) is 7.83. The zero-order chi connectivity index (χ0) is 15.1. The van der Waals surface area contributed by atoms with E-state index in [1.165, 1.54) is 25.8 Å². The number of rotatable bonds is 5. The molecular weight excluding hydrogens is 262 g/mol. The number of quaternary nitrogens is 1. The summed E-state index contributed by atoms with van der Waals surface area (Å²) in [5.74, 6) is -0.0545. The number of carbonyl (C=O) groups is 1. The Morgan fingerprint density at radius 1 is 1.38 bits per heavy atom. The zero-order valence-electron chi connectivity index (χ0n) is 12.7. The summed E-state index contributed by atoms with van der Waals surface area (Å²) in [6, 6.07) is 9.56. The molecule has 1 unspecified atom stereocenters. The standard InChI is InChI=1S/C17H23N3O/c1-14-5-2-3-11-20(14)12-4-10-19-17(21)16-8-6-15(13-18)7-9-16/h6-9,14H,2-5,10-12H2,1H3,(H,19,21)/p+1/t14-/m1/s1. The van der Waals surface area contributed by atoms with E-state index in [1.54, 1.807) is 29.2 Å². The van der Waals surface area contributed by atoms with Crippen molar-refractivity contribution >= 4 is 5.91 Å². The van der Waals surface area contributed by atoms with Crippen molar-refractivity contribution in [2.45, 2.75) is 38.6 Å². The van der Waals surface area contributed by atoms with Crippen LogP contribution >= 0.6 is 0 Å². The number of amides is 1. The number of nitrogens with one attached hydrogen (secondary N) is 2. The number of likely N-dealkylation sites (tertiary alicyclic amines) is 1. The summed E-state index contributed by atoms with van der Waals surface area (Å²) in [5, 5.41) is 11.7. The molecule has 0 saturated carbocycles. The van der Waals surface area contributed by atoms with Gasteiger partial charge in [0.2, 0.25) is 0 Å². The lowest BCUT2D eigenvalue weighted by Gasteiger charge is -2.30. The SMILES string of the molecule is C[C@@H]1CCCC[NH+]1CCCNC(=O)c1ccc(C#N)cc1. The second kappa shape index (κ2) is 7.80. The highest BCUT2D eigenvalue weighted by molar-refractivity contribution is 5.94. The van der Waals surface area contributed by atoms with Gasteiger partial charge in [-0.1, -0.05) is 0 Å². The molecule has 1 aromatic carbocycles. The number of nitriles is 1. The van der Waals surface area contributed by atoms with E-state index in [2.05, 4.69) is 18.3 Å². The summed E-state index contributed by atoms with van der Waals surface area (Å²) >= 11 is 0. The van der Waals surface area contributed by atoms with Gasteiger partial charge in [-0.05, 0) is 50.5 Å². The molecule has 0 aliphatic carbocycles. The van der Waals surface area contributed by atoms with E-state index < -0.39 is 0 Å². The van der Waals surface area contributed by atoms with E-state index in [4.69, 9.17) is 5.26 Å². The van der Waals surface area contributed by atoms with Crippen molar-refractivity contribution in [2.24, 2.45) is 0 Å². The normalized spacial score (nSPS) is 21.5. The molecule has 4 heteroatoms. The fourth-order valence-corrected chi connectivity index (χ4v) is 2.94. The molecule has 0 radical (unpaired) electrons. The summed E-state index contributed by atoms with van der Waals surface area (Å²) in [5.41, 5.74) is 1.20. The second-order valence-corrected chi connectivity index (χ2v) is 5.85. The van der Waals surface area contributed by atoms with Crippen LogP contribution in [0.3, 0.4) is 0 Å². The molecule has 0 spiro atoms. The van der Waals surface area contributed by atoms with Gasteiger partial charge in [0, 0.05) is 18.5 Å². The summed E-state index contributed by atoms with van der Waals surface area (Å²) in [6.45, 7) is 5.44. The summed E-state index contributed by atoms with van der Waals surface area (Å²) in [6.07, 6.45) is 5.03. The number of hydrogen-bond acceptors (Lipinski definition) is 2. The van der Waals surface area contributed by atoms with Gasteiger partial charge in [0.25, 0.3) is 5.91 Å². The van der Waals surface area contributed by atoms with Crippen LogP contribution in [0.25, 0.3) is 0 Å². The molecule has 112 valence electrons. The quantitative estimate of drug-likeness (QED) is 0.797. The molecule has 1 aliphatic rings. The predicted molar refractivity (Wildman–Crippen MR) is 82.1 cm³/mol. The second-order valence-electron chi connectivity index (χ2n) is 5.85. The maximum atomic E-state index is 12.0. The fourth-order valence-electron chi connectivity index (χ4n) is 2.94. The Kier molecular flexibility index (Phi) is 5.77. The number of carbonyl (C=O) groups excluding carboxylic acids is 1. The van der Waals surface area contributed by atoms with Gasteiger partial charge in [0.15, 0.2) is 0 Å². The van der Waals surface area contributed by atoms with Crippen molar-refractivity contribution in [3.8, 4) is 6.07 Å². The van der Waals surface area contributed by atoms with Gasteiger partial charge in [-0.2, -0.15) is 5.26 Å². The van der Waals surface area contributed by atoms with Crippen LogP contribution in [0, 0.1) is 11.3 Å². The molecule has 1 fully saturated rings. The molecule has 1 heterocycles. The summed E-state index contributed by atoms with van der Waals surface area (Å²) < 4.78 is 0. The van der Waals surface area contributed by atoms with E-state index in [-0.39, 0.29) is 5.91 Å². The van der Waals surface area contributed by atoms with Crippen LogP contribution in [0.4, 0.5) is 0 Å². The van der Waals surface area contributed by atoms with Gasteiger partial charge in [-0.15, -0.1) is 0 Å². The Morgan fingerprint density at radius 2 is 2.14 bits per heavy atom. The van der Waals surface area contributed by atoms with Gasteiger partial charge < -0.3 is 10.2 Å². The lowest BCUT2D eigenvalue weighted by molar-refractivity contribution is -0.928. The van der Waals surface area contributed by atoms with Crippen LogP contribution in [0.2, 0.25) is 0 Å². The molecule has 21 heavy (non-hydrogen) atoms. The third-order valence-electron chi connectivity index (χ3n) is 4.32. The molecule has 0 bridgehead atoms. The minimum absolute atomic E-state index is 0.0545. The van der Waals surface area contributed by atoms with E-state index in [1.807, 2.05) is 0 Å². The van der Waals surface area contributed by atoms with Crippen molar-refractivity contribution in [3.63, 3.8) is 0 Å². The number of benzene rings is 1. The number of nitrogens with zero attached hydrogens (tertiary/aromatic N) is 1. The van der Waals surface area contributed by atoms with Gasteiger partial charge in [0.1, 0.15) is 0 Å². The minimum Gasteiger partial charge on any atom is -0.352 e. The monoisotopic (exact) mass is 286 g/mol. The van der Waals surface area contributed by atoms with Crippen molar-refractivity contribution in [3.05, 3.63) is 35.4 Å². The molecule has 2 N–H and O–H groups in total. The van der Waals surface area contributed by atoms with Crippen LogP contribution in [0.1, 0.15) is 48.5 Å². The first kappa shape index (κ1) is 15.5. The third-order valence-corrected chi connectivity index (χ3v) is 4.32. The maximum absolute atomic E-state index is 12.0. The molecular formula is C17H24N3O+. The predicted octanol–water partition coefficient (Wildman–Crippen LogP) is 1.14. The Bertz CT molecular complexity index is 504. The van der Waals surface area contributed by atoms with Crippen molar-refractivity contribution < 1.29 is 9.69 Å². The van der Waals surface area contributed by atoms with Gasteiger partial charge >= 0.3 is 0 Å². The smallest absolute Gasteiger partial charge is 0.251 e. The molecule has 0 aromatic heterocycles. The maximum Gasteiger partial charge on any atom is 0.251 e. The van der Waals surface area contributed by atoms with Crippen molar-refractivity contribution in [1.82, 2.24) is 5.32 Å². The summed E-state index contributed by atoms with van der Waals surface area (Å²) in [4.78, 5) is 13.6. The van der Waals surface area contributed by atoms with E-state index in [9.17, 15) is 4.79 Å². The summed E-state index contributed by atoms with van der Waals surface area (Å²) in [7, 11) is 0. The Balaban J connectivity index is 1.70. The molecule has 2 atom stereocenters. The number of hydrogen-bond donors (Lipinski definition) is 2. The first-order valence-corrected chi connectivity index (χ1v) is 7.83. The highest BCUT2D eigenvalue weighted by atomic mass is 16.1. The van der Waals surface area contributed by atoms with Crippen molar-refractivity contribution in [1.29, 1.82) is 5.26 Å². The molecule has 1 saturated heterocycles. The minimum atomic E-state index is -0.0545. The largest absolute Gasteiger partial charge is 0.352 e. The zero-order valence-corrected chi connectivity index (χ0v) is 12.7. The van der Waals surface area contributed by atoms with Crippen LogP contribution in [-0.4, -0.2) is 31.6 Å². The third kappa shape index (κ3) is 4.57. The van der Waals surface area contributed by atoms with Crippen LogP contribution < -0.4 is 10.2 Å². The highest BCUT2D eigenvalue weighted by Gasteiger charge is 2.20. The lowest BCUT2D eigenvalue weighted by Crippen LogP contribution is -3.16. The Hall–Kier alpha value is -1.86. The van der Waals surface area contributed by atoms with E-state index in [0.29, 0.717) is 11.1 Å². The molecule has 1 aromatic rings. The topological polar surface area (TPSA) is 57.3 Å². The van der Waals surface area contributed by atoms with E-state index in [0.717, 1.165) is 25.6 Å². The highest BCUT2D eigenvalue weighted by Crippen LogP contribution is 2.03. The molecule has 1 aliphatic heterocycles. The molecule has 1 amide bonds. The van der Waals surface area contributed by atoms with Crippen LogP contribution in [0.15, 0.2) is 24.3 Å². The van der Waals surface area contributed by atoms with E-state index >= 15 is 0 Å². The first-order chi connectivity index (χ1) is 10.2.